The Morgan fingerprint density at radius 2 is 2.07 bits per heavy atom. The van der Waals surface area contributed by atoms with Crippen molar-refractivity contribution >= 4 is 33.1 Å². The van der Waals surface area contributed by atoms with E-state index >= 15 is 0 Å². The van der Waals surface area contributed by atoms with Crippen molar-refractivity contribution in [2.45, 2.75) is 32.2 Å². The largest absolute Gasteiger partial charge is 0.451 e. The van der Waals surface area contributed by atoms with Crippen molar-refractivity contribution in [1.82, 2.24) is 19.9 Å². The van der Waals surface area contributed by atoms with Gasteiger partial charge in [0.05, 0.1) is 11.5 Å². The van der Waals surface area contributed by atoms with Gasteiger partial charge < -0.3 is 9.64 Å². The number of esters is 1. The maximum atomic E-state index is 12.6. The third-order valence-corrected chi connectivity index (χ3v) is 7.11. The second-order valence-electron chi connectivity index (χ2n) is 6.68. The molecule has 1 amide bonds. The third kappa shape index (κ3) is 5.57. The van der Waals surface area contributed by atoms with E-state index in [0.29, 0.717) is 23.8 Å². The van der Waals surface area contributed by atoms with Crippen molar-refractivity contribution in [3.05, 3.63) is 29.5 Å². The minimum atomic E-state index is -3.12. The first-order valence-corrected chi connectivity index (χ1v) is 12.0. The van der Waals surface area contributed by atoms with Gasteiger partial charge in [0.15, 0.2) is 33.0 Å². The van der Waals surface area contributed by atoms with Crippen LogP contribution in [0.15, 0.2) is 23.8 Å². The Morgan fingerprint density at radius 1 is 1.31 bits per heavy atom. The Labute approximate surface area is 173 Å². The third-order valence-electron chi connectivity index (χ3n) is 4.52. The van der Waals surface area contributed by atoms with Gasteiger partial charge in [0.2, 0.25) is 0 Å². The van der Waals surface area contributed by atoms with E-state index in [0.717, 1.165) is 12.8 Å². The first-order chi connectivity index (χ1) is 13.9. The van der Waals surface area contributed by atoms with E-state index in [1.807, 2.05) is 6.92 Å². The van der Waals surface area contributed by atoms with Crippen LogP contribution in [0.5, 0.6) is 0 Å². The van der Waals surface area contributed by atoms with Crippen molar-refractivity contribution in [1.29, 1.82) is 0 Å². The molecule has 0 bridgehead atoms. The Hall–Kier alpha value is -2.40. The van der Waals surface area contributed by atoms with E-state index in [2.05, 4.69) is 15.0 Å². The summed E-state index contributed by atoms with van der Waals surface area (Å²) in [6, 6.07) is 1.32. The molecule has 2 aromatic rings. The fraction of sp³-hybridized carbons (Fsp3) is 0.500. The van der Waals surface area contributed by atoms with Crippen LogP contribution in [-0.4, -0.2) is 70.8 Å². The summed E-state index contributed by atoms with van der Waals surface area (Å²) in [4.78, 5) is 38.7. The first kappa shape index (κ1) is 21.3. The van der Waals surface area contributed by atoms with Gasteiger partial charge in [0.25, 0.3) is 5.91 Å². The van der Waals surface area contributed by atoms with E-state index in [9.17, 15) is 18.0 Å². The molecule has 1 atom stereocenters. The molecule has 2 aromatic heterocycles. The molecule has 0 N–H and O–H groups in total. The lowest BCUT2D eigenvalue weighted by Gasteiger charge is -2.28. The molecule has 0 aliphatic carbocycles. The highest BCUT2D eigenvalue weighted by Gasteiger charge is 2.34. The average molecular weight is 439 g/mol. The molecule has 1 aliphatic heterocycles. The number of rotatable bonds is 8. The number of carbonyl (C=O) groups is 2. The minimum absolute atomic E-state index is 0.0388. The number of amides is 1. The van der Waals surface area contributed by atoms with E-state index in [4.69, 9.17) is 4.74 Å². The van der Waals surface area contributed by atoms with Crippen LogP contribution in [0.1, 0.15) is 36.7 Å². The minimum Gasteiger partial charge on any atom is -0.451 e. The Kier molecular flexibility index (Phi) is 6.91. The number of hydrogen-bond donors (Lipinski definition) is 0. The van der Waals surface area contributed by atoms with Gasteiger partial charge in [-0.15, -0.1) is 11.3 Å². The van der Waals surface area contributed by atoms with E-state index < -0.39 is 28.3 Å². The zero-order chi connectivity index (χ0) is 20.9. The molecule has 1 unspecified atom stereocenters. The summed E-state index contributed by atoms with van der Waals surface area (Å²) in [5, 5.41) is 2.00. The monoisotopic (exact) mass is 438 g/mol. The molecule has 0 radical (unpaired) electrons. The van der Waals surface area contributed by atoms with Crippen molar-refractivity contribution in [2.24, 2.45) is 0 Å². The highest BCUT2D eigenvalue weighted by molar-refractivity contribution is 7.91. The number of unbranched alkanes of at least 4 members (excludes halogenated alkanes) is 1. The topological polar surface area (TPSA) is 119 Å². The Balaban J connectivity index is 1.60. The van der Waals surface area contributed by atoms with Gasteiger partial charge in [-0.3, -0.25) is 4.79 Å². The van der Waals surface area contributed by atoms with Gasteiger partial charge in [-0.05, 0) is 18.9 Å². The predicted octanol–water partition coefficient (Wildman–Crippen LogP) is 1.57. The molecule has 0 spiro atoms. The van der Waals surface area contributed by atoms with Crippen LogP contribution >= 0.6 is 11.3 Å². The van der Waals surface area contributed by atoms with Gasteiger partial charge >= 0.3 is 5.97 Å². The molecule has 3 heterocycles. The predicted molar refractivity (Wildman–Crippen MR) is 107 cm³/mol. The van der Waals surface area contributed by atoms with E-state index in [1.54, 1.807) is 18.5 Å². The lowest BCUT2D eigenvalue weighted by molar-refractivity contribution is -0.136. The first-order valence-electron chi connectivity index (χ1n) is 9.29. The summed E-state index contributed by atoms with van der Waals surface area (Å²) in [6.07, 6.45) is 5.19. The zero-order valence-electron chi connectivity index (χ0n) is 16.0. The van der Waals surface area contributed by atoms with Crippen LogP contribution < -0.4 is 0 Å². The smallest absolute Gasteiger partial charge is 0.358 e. The maximum absolute atomic E-state index is 12.6. The fourth-order valence-corrected chi connectivity index (χ4v) is 5.49. The second-order valence-corrected chi connectivity index (χ2v) is 9.77. The molecule has 1 aliphatic rings. The number of carbonyl (C=O) groups excluding carboxylic acids is 2. The molecular formula is C18H22N4O5S2. The molecule has 1 saturated heterocycles. The number of sulfone groups is 1. The number of ether oxygens (including phenoxy) is 1. The van der Waals surface area contributed by atoms with Crippen LogP contribution in [0, 0.1) is 0 Å². The summed E-state index contributed by atoms with van der Waals surface area (Å²) >= 11 is 1.20. The second kappa shape index (κ2) is 9.40. The number of nitrogens with zero attached hydrogens (tertiary/aromatic N) is 4. The van der Waals surface area contributed by atoms with Crippen molar-refractivity contribution in [2.75, 3.05) is 24.7 Å². The van der Waals surface area contributed by atoms with Crippen molar-refractivity contribution < 1.29 is 22.7 Å². The molecular weight excluding hydrogens is 416 g/mol. The zero-order valence-corrected chi connectivity index (χ0v) is 17.6. The Morgan fingerprint density at radius 3 is 2.72 bits per heavy atom. The molecule has 11 heteroatoms. The number of aromatic nitrogens is 3. The molecule has 1 fully saturated rings. The lowest BCUT2D eigenvalue weighted by Crippen LogP contribution is -2.43. The summed E-state index contributed by atoms with van der Waals surface area (Å²) in [5.41, 5.74) is 0.0776. The SMILES string of the molecule is CCCCN(C(=O)COC(=O)c1csc(-c2ncccn2)n1)C1CCS(=O)(=O)C1. The van der Waals surface area contributed by atoms with Crippen molar-refractivity contribution in [3.8, 4) is 10.8 Å². The van der Waals surface area contributed by atoms with Crippen LogP contribution in [-0.2, 0) is 19.4 Å². The van der Waals surface area contributed by atoms with Gasteiger partial charge in [-0.25, -0.2) is 28.2 Å². The summed E-state index contributed by atoms with van der Waals surface area (Å²) in [7, 11) is -3.12. The fourth-order valence-electron chi connectivity index (χ4n) is 3.02. The Bertz CT molecular complexity index is 962. The normalized spacial score (nSPS) is 17.8. The standard InChI is InChI=1S/C18H22N4O5S2/c1-2-3-8-22(13-5-9-29(25,26)12-13)15(23)10-27-18(24)14-11-28-17(21-14)16-19-6-4-7-20-16/h4,6-7,11,13H,2-3,5,8-10,12H2,1H3. The van der Waals surface area contributed by atoms with Crippen LogP contribution in [0.3, 0.4) is 0 Å². The van der Waals surface area contributed by atoms with Crippen molar-refractivity contribution in [3.63, 3.8) is 0 Å². The van der Waals surface area contributed by atoms with Gasteiger partial charge in [0, 0.05) is 30.4 Å². The number of thiazole rings is 1. The molecule has 156 valence electrons. The van der Waals surface area contributed by atoms with Gasteiger partial charge in [-0.1, -0.05) is 13.3 Å². The van der Waals surface area contributed by atoms with Crippen LogP contribution in [0.25, 0.3) is 10.8 Å². The summed E-state index contributed by atoms with van der Waals surface area (Å²) in [5.74, 6) is -0.665. The molecule has 29 heavy (non-hydrogen) atoms. The van der Waals surface area contributed by atoms with Gasteiger partial charge in [-0.2, -0.15) is 0 Å². The van der Waals surface area contributed by atoms with Gasteiger partial charge in [0.1, 0.15) is 0 Å². The summed E-state index contributed by atoms with van der Waals surface area (Å²) < 4.78 is 28.7. The molecule has 0 saturated carbocycles. The molecule has 3 rings (SSSR count). The maximum Gasteiger partial charge on any atom is 0.358 e. The van der Waals surface area contributed by atoms with Crippen LogP contribution in [0.4, 0.5) is 0 Å². The molecule has 0 aromatic carbocycles. The highest BCUT2D eigenvalue weighted by atomic mass is 32.2. The van der Waals surface area contributed by atoms with E-state index in [-0.39, 0.29) is 23.2 Å². The summed E-state index contributed by atoms with van der Waals surface area (Å²) in [6.45, 7) is 1.98. The highest BCUT2D eigenvalue weighted by Crippen LogP contribution is 2.21. The lowest BCUT2D eigenvalue weighted by atomic mass is 10.2. The van der Waals surface area contributed by atoms with E-state index in [1.165, 1.54) is 21.6 Å². The van der Waals surface area contributed by atoms with Crippen LogP contribution in [0.2, 0.25) is 0 Å². The quantitative estimate of drug-likeness (QED) is 0.570. The average Bonchev–Trinajstić information content (AvgIpc) is 3.34. The number of hydrogen-bond acceptors (Lipinski definition) is 9. The molecule has 9 nitrogen and oxygen atoms in total.